The topological polar surface area (TPSA) is 29.5 Å². The Kier molecular flexibility index (Phi) is 3.76. The van der Waals surface area contributed by atoms with Gasteiger partial charge in [0.05, 0.1) is 0 Å². The first kappa shape index (κ1) is 13.4. The van der Waals surface area contributed by atoms with Crippen LogP contribution in [0.25, 0.3) is 0 Å². The van der Waals surface area contributed by atoms with Gasteiger partial charge < -0.3 is 9.84 Å². The number of aliphatic hydroxyl groups is 1. The van der Waals surface area contributed by atoms with Crippen LogP contribution in [-0.4, -0.2) is 11.5 Å². The van der Waals surface area contributed by atoms with Gasteiger partial charge in [0.1, 0.15) is 11.9 Å². The van der Waals surface area contributed by atoms with E-state index in [2.05, 4.69) is 4.74 Å². The average molecular weight is 268 g/mol. The number of ether oxygens (including phenoxy) is 1. The van der Waals surface area contributed by atoms with Crippen LogP contribution in [0.15, 0.2) is 54.6 Å². The molecule has 2 aromatic carbocycles. The molecule has 2 rings (SSSR count). The van der Waals surface area contributed by atoms with Crippen LogP contribution >= 0.6 is 0 Å². The van der Waals surface area contributed by atoms with Gasteiger partial charge in [-0.25, -0.2) is 0 Å². The van der Waals surface area contributed by atoms with Crippen molar-refractivity contribution in [2.45, 2.75) is 12.5 Å². The van der Waals surface area contributed by atoms with E-state index in [0.717, 1.165) is 0 Å². The molecule has 0 saturated carbocycles. The number of alkyl halides is 3. The van der Waals surface area contributed by atoms with Crippen molar-refractivity contribution in [1.29, 1.82) is 0 Å². The Hall–Kier alpha value is -2.01. The molecule has 0 aliphatic rings. The van der Waals surface area contributed by atoms with Crippen LogP contribution in [0, 0.1) is 0 Å². The molecule has 2 nitrogen and oxygen atoms in total. The molecule has 2 aromatic rings. The van der Waals surface area contributed by atoms with Gasteiger partial charge in [0.2, 0.25) is 0 Å². The smallest absolute Gasteiger partial charge is 0.406 e. The van der Waals surface area contributed by atoms with Crippen LogP contribution in [0.2, 0.25) is 0 Å². The molecule has 0 saturated heterocycles. The highest BCUT2D eigenvalue weighted by Crippen LogP contribution is 2.26. The molecule has 0 amide bonds. The predicted molar refractivity (Wildman–Crippen MR) is 63.6 cm³/mol. The lowest BCUT2D eigenvalue weighted by atomic mass is 10.0. The lowest BCUT2D eigenvalue weighted by Crippen LogP contribution is -2.17. The highest BCUT2D eigenvalue weighted by atomic mass is 19.4. The first-order chi connectivity index (χ1) is 8.96. The molecule has 0 heterocycles. The van der Waals surface area contributed by atoms with Crippen molar-refractivity contribution in [2.75, 3.05) is 0 Å². The molecular formula is C14H11F3O2. The molecule has 0 aromatic heterocycles. The van der Waals surface area contributed by atoms with Crippen molar-refractivity contribution in [3.8, 4) is 5.75 Å². The fourth-order valence-corrected chi connectivity index (χ4v) is 1.68. The maximum Gasteiger partial charge on any atom is 0.573 e. The molecule has 1 N–H and O–H groups in total. The number of hydrogen-bond acceptors (Lipinski definition) is 2. The molecule has 0 aliphatic heterocycles. The van der Waals surface area contributed by atoms with E-state index in [-0.39, 0.29) is 5.75 Å². The van der Waals surface area contributed by atoms with Crippen LogP contribution in [0.4, 0.5) is 13.2 Å². The number of hydrogen-bond donors (Lipinski definition) is 1. The van der Waals surface area contributed by atoms with Crippen molar-refractivity contribution in [2.24, 2.45) is 0 Å². The fourth-order valence-electron chi connectivity index (χ4n) is 1.68. The normalized spacial score (nSPS) is 13.1. The quantitative estimate of drug-likeness (QED) is 0.920. The van der Waals surface area contributed by atoms with Crippen LogP contribution in [0.5, 0.6) is 5.75 Å². The van der Waals surface area contributed by atoms with Gasteiger partial charge in [-0.2, -0.15) is 0 Å². The Morgan fingerprint density at radius 2 is 1.37 bits per heavy atom. The van der Waals surface area contributed by atoms with Gasteiger partial charge in [-0.1, -0.05) is 42.5 Å². The van der Waals surface area contributed by atoms with E-state index in [1.807, 2.05) is 6.07 Å². The highest BCUT2D eigenvalue weighted by molar-refractivity contribution is 5.34. The van der Waals surface area contributed by atoms with E-state index < -0.39 is 12.5 Å². The van der Waals surface area contributed by atoms with Crippen LogP contribution in [-0.2, 0) is 0 Å². The summed E-state index contributed by atoms with van der Waals surface area (Å²) < 4.78 is 39.7. The Bertz CT molecular complexity index is 521. The van der Waals surface area contributed by atoms with E-state index in [1.54, 1.807) is 24.3 Å². The second-order valence-electron chi connectivity index (χ2n) is 3.93. The largest absolute Gasteiger partial charge is 0.573 e. The minimum atomic E-state index is -4.71. The highest BCUT2D eigenvalue weighted by Gasteiger charge is 2.31. The third-order valence-electron chi connectivity index (χ3n) is 2.54. The molecule has 100 valence electrons. The van der Waals surface area contributed by atoms with Crippen LogP contribution < -0.4 is 4.74 Å². The van der Waals surface area contributed by atoms with E-state index >= 15 is 0 Å². The summed E-state index contributed by atoms with van der Waals surface area (Å²) in [5.41, 5.74) is 1.17. The van der Waals surface area contributed by atoms with Gasteiger partial charge in [-0.15, -0.1) is 13.2 Å². The van der Waals surface area contributed by atoms with Crippen molar-refractivity contribution in [3.05, 3.63) is 65.7 Å². The molecule has 19 heavy (non-hydrogen) atoms. The van der Waals surface area contributed by atoms with Crippen molar-refractivity contribution >= 4 is 0 Å². The molecule has 0 radical (unpaired) electrons. The summed E-state index contributed by atoms with van der Waals surface area (Å²) in [5.74, 6) is -0.309. The summed E-state index contributed by atoms with van der Waals surface area (Å²) in [4.78, 5) is 0. The SMILES string of the molecule is OC(c1ccccc1)c1ccc(OC(F)(F)F)cc1. The van der Waals surface area contributed by atoms with Gasteiger partial charge >= 0.3 is 6.36 Å². The second kappa shape index (κ2) is 5.32. The van der Waals surface area contributed by atoms with Crippen LogP contribution in [0.1, 0.15) is 17.2 Å². The molecular weight excluding hydrogens is 257 g/mol. The number of benzene rings is 2. The third kappa shape index (κ3) is 3.72. The Morgan fingerprint density at radius 1 is 0.842 bits per heavy atom. The summed E-state index contributed by atoms with van der Waals surface area (Å²) in [5, 5.41) is 10.1. The number of rotatable bonds is 3. The maximum atomic E-state index is 12.0. The van der Waals surface area contributed by atoms with E-state index in [4.69, 9.17) is 0 Å². The maximum absolute atomic E-state index is 12.0. The summed E-state index contributed by atoms with van der Waals surface area (Å²) in [6, 6.07) is 14.0. The van der Waals surface area contributed by atoms with Gasteiger partial charge in [-0.05, 0) is 23.3 Å². The molecule has 0 aliphatic carbocycles. The van der Waals surface area contributed by atoms with Crippen molar-refractivity contribution in [1.82, 2.24) is 0 Å². The van der Waals surface area contributed by atoms with Crippen molar-refractivity contribution in [3.63, 3.8) is 0 Å². The number of halogens is 3. The fraction of sp³-hybridized carbons (Fsp3) is 0.143. The van der Waals surface area contributed by atoms with E-state index in [9.17, 15) is 18.3 Å². The Labute approximate surface area is 108 Å². The van der Waals surface area contributed by atoms with E-state index in [0.29, 0.717) is 11.1 Å². The van der Waals surface area contributed by atoms with E-state index in [1.165, 1.54) is 24.3 Å². The molecule has 0 bridgehead atoms. The summed E-state index contributed by atoms with van der Waals surface area (Å²) in [6.07, 6.45) is -5.58. The molecule has 0 fully saturated rings. The van der Waals surface area contributed by atoms with Gasteiger partial charge in [0.25, 0.3) is 0 Å². The second-order valence-corrected chi connectivity index (χ2v) is 3.93. The Morgan fingerprint density at radius 3 is 1.89 bits per heavy atom. The minimum absolute atomic E-state index is 0.309. The first-order valence-electron chi connectivity index (χ1n) is 5.54. The lowest BCUT2D eigenvalue weighted by Gasteiger charge is -2.13. The number of aliphatic hydroxyl groups excluding tert-OH is 1. The van der Waals surface area contributed by atoms with Gasteiger partial charge in [0, 0.05) is 0 Å². The molecule has 0 spiro atoms. The minimum Gasteiger partial charge on any atom is -0.406 e. The van der Waals surface area contributed by atoms with Crippen LogP contribution in [0.3, 0.4) is 0 Å². The summed E-state index contributed by atoms with van der Waals surface area (Å²) in [6.45, 7) is 0. The molecule has 1 atom stereocenters. The zero-order valence-corrected chi connectivity index (χ0v) is 9.76. The predicted octanol–water partition coefficient (Wildman–Crippen LogP) is 3.67. The van der Waals surface area contributed by atoms with Gasteiger partial charge in [-0.3, -0.25) is 0 Å². The third-order valence-corrected chi connectivity index (χ3v) is 2.54. The first-order valence-corrected chi connectivity index (χ1v) is 5.54. The Balaban J connectivity index is 2.15. The average Bonchev–Trinajstić information content (AvgIpc) is 2.38. The molecule has 1 unspecified atom stereocenters. The standard InChI is InChI=1S/C14H11F3O2/c15-14(16,17)19-12-8-6-11(7-9-12)13(18)10-4-2-1-3-5-10/h1-9,13,18H. The lowest BCUT2D eigenvalue weighted by molar-refractivity contribution is -0.274. The summed E-state index contributed by atoms with van der Waals surface area (Å²) >= 11 is 0. The van der Waals surface area contributed by atoms with Gasteiger partial charge in [0.15, 0.2) is 0 Å². The zero-order chi connectivity index (χ0) is 13.9. The van der Waals surface area contributed by atoms with Crippen molar-refractivity contribution < 1.29 is 23.0 Å². The summed E-state index contributed by atoms with van der Waals surface area (Å²) in [7, 11) is 0. The zero-order valence-electron chi connectivity index (χ0n) is 9.76. The monoisotopic (exact) mass is 268 g/mol. The molecule has 5 heteroatoms.